The van der Waals surface area contributed by atoms with Crippen molar-refractivity contribution in [1.29, 1.82) is 0 Å². The van der Waals surface area contributed by atoms with E-state index in [0.717, 1.165) is 41.9 Å². The highest BCUT2D eigenvalue weighted by Gasteiger charge is 2.37. The van der Waals surface area contributed by atoms with E-state index in [-0.39, 0.29) is 9.90 Å². The highest BCUT2D eigenvalue weighted by atomic mass is 32.2. The van der Waals surface area contributed by atoms with Crippen molar-refractivity contribution in [3.8, 4) is 11.5 Å². The van der Waals surface area contributed by atoms with E-state index in [9.17, 15) is 4.39 Å². The van der Waals surface area contributed by atoms with Gasteiger partial charge in [0.25, 0.3) is 0 Å². The zero-order chi connectivity index (χ0) is 16.9. The second kappa shape index (κ2) is 8.14. The Labute approximate surface area is 150 Å². The van der Waals surface area contributed by atoms with E-state index in [2.05, 4.69) is 38.0 Å². The third kappa shape index (κ3) is 5.31. The molecule has 0 N–H and O–H groups in total. The van der Waals surface area contributed by atoms with E-state index in [4.69, 9.17) is 0 Å². The molecule has 0 atom stereocenters. The maximum absolute atomic E-state index is 14.8. The SMILES string of the molecule is CCCCC1(c2ccc(C#C[Si](C)(C)C)cc2F)SCCCS1. The summed E-state index contributed by atoms with van der Waals surface area (Å²) in [4.78, 5) is 0. The number of benzene rings is 1. The van der Waals surface area contributed by atoms with E-state index in [1.54, 1.807) is 6.07 Å². The van der Waals surface area contributed by atoms with Gasteiger partial charge in [0.05, 0.1) is 4.08 Å². The summed E-state index contributed by atoms with van der Waals surface area (Å²) in [5, 5.41) is 0. The minimum absolute atomic E-state index is 0.0784. The minimum atomic E-state index is -1.43. The smallest absolute Gasteiger partial charge is 0.129 e. The van der Waals surface area contributed by atoms with Crippen molar-refractivity contribution in [2.45, 2.75) is 56.3 Å². The molecule has 1 aromatic rings. The van der Waals surface area contributed by atoms with E-state index in [1.165, 1.54) is 6.42 Å². The quantitative estimate of drug-likeness (QED) is 0.455. The Morgan fingerprint density at radius 3 is 2.48 bits per heavy atom. The first-order chi connectivity index (χ1) is 10.9. The highest BCUT2D eigenvalue weighted by molar-refractivity contribution is 8.18. The van der Waals surface area contributed by atoms with Crippen LogP contribution in [0.5, 0.6) is 0 Å². The lowest BCUT2D eigenvalue weighted by atomic mass is 10.0. The van der Waals surface area contributed by atoms with E-state index in [0.29, 0.717) is 0 Å². The summed E-state index contributed by atoms with van der Waals surface area (Å²) in [6.07, 6.45) is 4.58. The minimum Gasteiger partial charge on any atom is -0.207 e. The Kier molecular flexibility index (Phi) is 6.71. The van der Waals surface area contributed by atoms with Crippen LogP contribution in [0, 0.1) is 17.3 Å². The molecule has 0 spiro atoms. The summed E-state index contributed by atoms with van der Waals surface area (Å²) in [5.41, 5.74) is 5.00. The lowest BCUT2D eigenvalue weighted by Crippen LogP contribution is -2.24. The van der Waals surface area contributed by atoms with Crippen LogP contribution in [0.15, 0.2) is 18.2 Å². The largest absolute Gasteiger partial charge is 0.207 e. The lowest BCUT2D eigenvalue weighted by molar-refractivity contribution is 0.582. The van der Waals surface area contributed by atoms with Crippen molar-refractivity contribution in [1.82, 2.24) is 0 Å². The Balaban J connectivity index is 2.31. The van der Waals surface area contributed by atoms with Crippen LogP contribution in [0.4, 0.5) is 4.39 Å². The van der Waals surface area contributed by atoms with Gasteiger partial charge in [-0.15, -0.1) is 29.1 Å². The molecule has 0 unspecified atom stereocenters. The van der Waals surface area contributed by atoms with Crippen molar-refractivity contribution in [2.75, 3.05) is 11.5 Å². The van der Waals surface area contributed by atoms with Gasteiger partial charge in [-0.25, -0.2) is 4.39 Å². The van der Waals surface area contributed by atoms with Gasteiger partial charge in [0.1, 0.15) is 13.9 Å². The molecule has 1 aromatic carbocycles. The molecule has 126 valence electrons. The van der Waals surface area contributed by atoms with Gasteiger partial charge in [0.2, 0.25) is 0 Å². The van der Waals surface area contributed by atoms with Gasteiger partial charge >= 0.3 is 0 Å². The fourth-order valence-corrected chi connectivity index (χ4v) is 6.57. The molecular formula is C19H27FS2Si. The molecule has 1 aliphatic heterocycles. The number of hydrogen-bond acceptors (Lipinski definition) is 2. The molecule has 0 radical (unpaired) electrons. The zero-order valence-electron chi connectivity index (χ0n) is 14.7. The monoisotopic (exact) mass is 366 g/mol. The zero-order valence-corrected chi connectivity index (χ0v) is 17.3. The van der Waals surface area contributed by atoms with Gasteiger partial charge in [-0.1, -0.05) is 51.4 Å². The molecule has 2 rings (SSSR count). The average Bonchev–Trinajstić information content (AvgIpc) is 2.51. The molecule has 0 amide bonds. The van der Waals surface area contributed by atoms with Crippen molar-refractivity contribution < 1.29 is 4.39 Å². The standard InChI is InChI=1S/C19H27FS2Si/c1-5-6-11-19(21-12-7-13-22-19)17-9-8-16(15-18(17)20)10-14-23(2,3)4/h8-9,15H,5-7,11-13H2,1-4H3. The van der Waals surface area contributed by atoms with Gasteiger partial charge < -0.3 is 0 Å². The second-order valence-corrected chi connectivity index (χ2v) is 14.9. The summed E-state index contributed by atoms with van der Waals surface area (Å²) in [7, 11) is -1.43. The molecule has 0 aromatic heterocycles. The molecule has 4 heteroatoms. The van der Waals surface area contributed by atoms with Crippen molar-refractivity contribution >= 4 is 31.6 Å². The first kappa shape index (κ1) is 19.0. The first-order valence-electron chi connectivity index (χ1n) is 8.47. The van der Waals surface area contributed by atoms with Gasteiger partial charge in [0, 0.05) is 11.1 Å². The van der Waals surface area contributed by atoms with Gasteiger partial charge in [-0.3, -0.25) is 0 Å². The van der Waals surface area contributed by atoms with Crippen LogP contribution in [0.1, 0.15) is 43.7 Å². The third-order valence-corrected chi connectivity index (χ3v) is 8.13. The summed E-state index contributed by atoms with van der Waals surface area (Å²) in [5.74, 6) is 5.36. The summed E-state index contributed by atoms with van der Waals surface area (Å²) in [6, 6.07) is 5.64. The molecular weight excluding hydrogens is 339 g/mol. The van der Waals surface area contributed by atoms with E-state index < -0.39 is 8.07 Å². The molecule has 0 saturated carbocycles. The molecule has 1 heterocycles. The predicted molar refractivity (Wildman–Crippen MR) is 107 cm³/mol. The van der Waals surface area contributed by atoms with Crippen LogP contribution in [0.25, 0.3) is 0 Å². The molecule has 1 saturated heterocycles. The summed E-state index contributed by atoms with van der Waals surface area (Å²) < 4.78 is 14.7. The van der Waals surface area contributed by atoms with Crippen molar-refractivity contribution in [3.05, 3.63) is 35.1 Å². The van der Waals surface area contributed by atoms with Crippen LogP contribution in [0.3, 0.4) is 0 Å². The Hall–Kier alpha value is -0.373. The number of thioether (sulfide) groups is 2. The molecule has 0 bridgehead atoms. The van der Waals surface area contributed by atoms with Crippen LogP contribution in [0.2, 0.25) is 19.6 Å². The number of unbranched alkanes of at least 4 members (excludes halogenated alkanes) is 1. The molecule has 1 aliphatic rings. The Morgan fingerprint density at radius 2 is 1.91 bits per heavy atom. The molecule has 1 fully saturated rings. The topological polar surface area (TPSA) is 0 Å². The summed E-state index contributed by atoms with van der Waals surface area (Å²) in [6.45, 7) is 8.83. The number of rotatable bonds is 4. The van der Waals surface area contributed by atoms with Gasteiger partial charge in [0.15, 0.2) is 0 Å². The van der Waals surface area contributed by atoms with Crippen LogP contribution in [-0.4, -0.2) is 19.6 Å². The first-order valence-corrected chi connectivity index (χ1v) is 13.9. The van der Waals surface area contributed by atoms with Crippen LogP contribution >= 0.6 is 23.5 Å². The van der Waals surface area contributed by atoms with Crippen molar-refractivity contribution in [3.63, 3.8) is 0 Å². The highest BCUT2D eigenvalue weighted by Crippen LogP contribution is 2.54. The van der Waals surface area contributed by atoms with E-state index >= 15 is 0 Å². The maximum atomic E-state index is 14.8. The van der Waals surface area contributed by atoms with Gasteiger partial charge in [-0.05, 0) is 36.5 Å². The Morgan fingerprint density at radius 1 is 1.22 bits per heavy atom. The van der Waals surface area contributed by atoms with Crippen molar-refractivity contribution in [2.24, 2.45) is 0 Å². The maximum Gasteiger partial charge on any atom is 0.129 e. The second-order valence-electron chi connectivity index (χ2n) is 7.10. The normalized spacial score (nSPS) is 17.4. The molecule has 0 aliphatic carbocycles. The molecule has 0 nitrogen and oxygen atoms in total. The van der Waals surface area contributed by atoms with E-state index in [1.807, 2.05) is 35.7 Å². The predicted octanol–water partition coefficient (Wildman–Crippen LogP) is 6.27. The molecule has 23 heavy (non-hydrogen) atoms. The number of hydrogen-bond donors (Lipinski definition) is 0. The number of halogens is 1. The van der Waals surface area contributed by atoms with Gasteiger partial charge in [-0.2, -0.15) is 0 Å². The van der Waals surface area contributed by atoms with Crippen LogP contribution < -0.4 is 0 Å². The Bertz CT molecular complexity index is 590. The van der Waals surface area contributed by atoms with Crippen LogP contribution in [-0.2, 0) is 4.08 Å². The third-order valence-electron chi connectivity index (χ3n) is 3.78. The fraction of sp³-hybridized carbons (Fsp3) is 0.579. The summed E-state index contributed by atoms with van der Waals surface area (Å²) >= 11 is 3.87. The lowest BCUT2D eigenvalue weighted by Gasteiger charge is -2.37. The fourth-order valence-electron chi connectivity index (χ4n) is 2.58. The average molecular weight is 367 g/mol.